The molecule has 0 aliphatic carbocycles. The van der Waals surface area contributed by atoms with Crippen molar-refractivity contribution in [3.05, 3.63) is 57.3 Å². The highest BCUT2D eigenvalue weighted by molar-refractivity contribution is 5.29. The van der Waals surface area contributed by atoms with Crippen molar-refractivity contribution < 1.29 is 17.9 Å². The van der Waals surface area contributed by atoms with Gasteiger partial charge in [-0.05, 0) is 31.0 Å². The molecule has 0 saturated carbocycles. The Kier molecular flexibility index (Phi) is 4.80. The number of fused-ring (bicyclic) bond motifs is 1. The number of nitrogens with one attached hydrogen (secondary N) is 1. The van der Waals surface area contributed by atoms with Crippen LogP contribution in [0, 0.1) is 0 Å². The van der Waals surface area contributed by atoms with E-state index < -0.39 is 17.6 Å². The van der Waals surface area contributed by atoms with E-state index in [4.69, 9.17) is 4.74 Å². The zero-order chi connectivity index (χ0) is 18.0. The average molecular weight is 353 g/mol. The Balaban J connectivity index is 1.80. The Morgan fingerprint density at radius 1 is 1.36 bits per heavy atom. The van der Waals surface area contributed by atoms with Crippen molar-refractivity contribution >= 4 is 0 Å². The molecule has 0 radical (unpaired) electrons. The maximum atomic E-state index is 12.8. The van der Waals surface area contributed by atoms with Crippen molar-refractivity contribution in [2.45, 2.75) is 32.6 Å². The molecule has 0 fully saturated rings. The first-order valence-corrected chi connectivity index (χ1v) is 8.00. The van der Waals surface area contributed by atoms with Crippen LogP contribution >= 0.6 is 0 Å². The van der Waals surface area contributed by atoms with Gasteiger partial charge in [0.2, 0.25) is 5.82 Å². The van der Waals surface area contributed by atoms with Gasteiger partial charge in [-0.1, -0.05) is 12.1 Å². The average Bonchev–Trinajstić information content (AvgIpc) is 2.54. The minimum Gasteiger partial charge on any atom is -0.494 e. The van der Waals surface area contributed by atoms with Gasteiger partial charge in [-0.2, -0.15) is 13.2 Å². The summed E-state index contributed by atoms with van der Waals surface area (Å²) in [6.07, 6.45) is -4.29. The maximum Gasteiger partial charge on any atom is 0.449 e. The molecule has 0 atom stereocenters. The molecule has 2 heterocycles. The first-order chi connectivity index (χ1) is 11.9. The normalized spacial score (nSPS) is 15.0. The molecule has 134 valence electrons. The van der Waals surface area contributed by atoms with Gasteiger partial charge in [-0.15, -0.1) is 0 Å². The van der Waals surface area contributed by atoms with Crippen LogP contribution in [0.2, 0.25) is 0 Å². The van der Waals surface area contributed by atoms with Crippen LogP contribution in [0.3, 0.4) is 0 Å². The molecule has 1 aromatic heterocycles. The summed E-state index contributed by atoms with van der Waals surface area (Å²) in [4.78, 5) is 19.3. The second-order valence-electron chi connectivity index (χ2n) is 5.88. The summed E-state index contributed by atoms with van der Waals surface area (Å²) in [6, 6.07) is 7.58. The van der Waals surface area contributed by atoms with Crippen molar-refractivity contribution in [3.8, 4) is 5.75 Å². The van der Waals surface area contributed by atoms with Crippen molar-refractivity contribution in [2.24, 2.45) is 0 Å². The molecule has 2 aromatic rings. The molecule has 1 aliphatic rings. The molecule has 0 spiro atoms. The van der Waals surface area contributed by atoms with Crippen LogP contribution in [0.15, 0.2) is 29.1 Å². The highest BCUT2D eigenvalue weighted by atomic mass is 19.4. The summed E-state index contributed by atoms with van der Waals surface area (Å²) in [5.41, 5.74) is 0.834. The highest BCUT2D eigenvalue weighted by Gasteiger charge is 2.35. The number of H-pyrrole nitrogens is 1. The molecule has 1 aromatic carbocycles. The lowest BCUT2D eigenvalue weighted by Gasteiger charge is -2.28. The Morgan fingerprint density at radius 2 is 2.16 bits per heavy atom. The summed E-state index contributed by atoms with van der Waals surface area (Å²) in [6.45, 7) is 3.81. The number of hydrogen-bond acceptors (Lipinski definition) is 4. The van der Waals surface area contributed by atoms with Crippen LogP contribution in [0.1, 0.15) is 29.6 Å². The number of rotatable bonds is 4. The first kappa shape index (κ1) is 17.5. The molecule has 0 saturated heterocycles. The van der Waals surface area contributed by atoms with E-state index in [1.807, 2.05) is 41.1 Å². The lowest BCUT2D eigenvalue weighted by Crippen LogP contribution is -2.36. The van der Waals surface area contributed by atoms with E-state index in [-0.39, 0.29) is 12.2 Å². The number of hydrogen-bond donors (Lipinski definition) is 1. The highest BCUT2D eigenvalue weighted by Crippen LogP contribution is 2.27. The number of nitrogens with zero attached hydrogens (tertiary/aromatic N) is 2. The molecule has 25 heavy (non-hydrogen) atoms. The fourth-order valence-electron chi connectivity index (χ4n) is 2.92. The van der Waals surface area contributed by atoms with Crippen LogP contribution in [0.4, 0.5) is 13.2 Å². The van der Waals surface area contributed by atoms with Gasteiger partial charge in [0.1, 0.15) is 5.75 Å². The third-order valence-electron chi connectivity index (χ3n) is 4.04. The quantitative estimate of drug-likeness (QED) is 0.918. The molecule has 3 rings (SSSR count). The van der Waals surface area contributed by atoms with Crippen LogP contribution < -0.4 is 10.3 Å². The maximum absolute atomic E-state index is 12.8. The zero-order valence-corrected chi connectivity index (χ0v) is 13.7. The van der Waals surface area contributed by atoms with Crippen LogP contribution in [-0.4, -0.2) is 28.0 Å². The van der Waals surface area contributed by atoms with Crippen LogP contribution in [-0.2, 0) is 25.7 Å². The molecular formula is C17H18F3N3O2. The van der Waals surface area contributed by atoms with Gasteiger partial charge in [0.25, 0.3) is 5.56 Å². The smallest absolute Gasteiger partial charge is 0.449 e. The summed E-state index contributed by atoms with van der Waals surface area (Å²) in [7, 11) is 0. The lowest BCUT2D eigenvalue weighted by molar-refractivity contribution is -0.145. The molecule has 0 unspecified atom stereocenters. The molecule has 1 N–H and O–H groups in total. The van der Waals surface area contributed by atoms with E-state index >= 15 is 0 Å². The minimum absolute atomic E-state index is 0.197. The fraction of sp³-hybridized carbons (Fsp3) is 0.412. The van der Waals surface area contributed by atoms with E-state index in [0.29, 0.717) is 31.7 Å². The van der Waals surface area contributed by atoms with Crippen molar-refractivity contribution in [1.82, 2.24) is 14.9 Å². The van der Waals surface area contributed by atoms with E-state index in [9.17, 15) is 18.0 Å². The summed E-state index contributed by atoms with van der Waals surface area (Å²) < 4.78 is 44.0. The predicted molar refractivity (Wildman–Crippen MR) is 85.3 cm³/mol. The Hall–Kier alpha value is -2.35. The second kappa shape index (κ2) is 6.87. The third kappa shape index (κ3) is 4.01. The Bertz CT molecular complexity index is 818. The van der Waals surface area contributed by atoms with Crippen LogP contribution in [0.25, 0.3) is 0 Å². The standard InChI is InChI=1S/C17H18F3N3O2/c1-2-25-12-5-3-4-11(8-12)9-23-7-6-13-14(10-23)21-16(17(18,19)20)22-15(13)24/h3-5,8H,2,6-7,9-10H2,1H3,(H,21,22,24). The first-order valence-electron chi connectivity index (χ1n) is 8.00. The Morgan fingerprint density at radius 3 is 2.88 bits per heavy atom. The summed E-state index contributed by atoms with van der Waals surface area (Å²) in [5, 5.41) is 0. The third-order valence-corrected chi connectivity index (χ3v) is 4.04. The SMILES string of the molecule is CCOc1cccc(CN2CCc3c(nc(C(F)(F)F)[nH]c3=O)C2)c1. The second-order valence-corrected chi connectivity index (χ2v) is 5.88. The number of halogens is 3. The van der Waals surface area contributed by atoms with E-state index in [2.05, 4.69) is 4.98 Å². The largest absolute Gasteiger partial charge is 0.494 e. The topological polar surface area (TPSA) is 58.2 Å². The van der Waals surface area contributed by atoms with Crippen molar-refractivity contribution in [2.75, 3.05) is 13.2 Å². The number of ether oxygens (including phenoxy) is 1. The summed E-state index contributed by atoms with van der Waals surface area (Å²) in [5.74, 6) is -0.484. The number of benzene rings is 1. The van der Waals surface area contributed by atoms with Gasteiger partial charge in [-0.3, -0.25) is 9.69 Å². The van der Waals surface area contributed by atoms with Gasteiger partial charge < -0.3 is 9.72 Å². The predicted octanol–water partition coefficient (Wildman–Crippen LogP) is 2.75. The lowest BCUT2D eigenvalue weighted by atomic mass is 10.1. The number of aromatic nitrogens is 2. The number of alkyl halides is 3. The minimum atomic E-state index is -4.66. The number of aromatic amines is 1. The summed E-state index contributed by atoms with van der Waals surface area (Å²) >= 11 is 0. The van der Waals surface area contributed by atoms with Crippen molar-refractivity contribution in [1.29, 1.82) is 0 Å². The van der Waals surface area contributed by atoms with Gasteiger partial charge in [-0.25, -0.2) is 4.98 Å². The van der Waals surface area contributed by atoms with Crippen molar-refractivity contribution in [3.63, 3.8) is 0 Å². The monoisotopic (exact) mass is 353 g/mol. The molecule has 0 bridgehead atoms. The van der Waals surface area contributed by atoms with E-state index in [1.165, 1.54) is 0 Å². The fourth-order valence-corrected chi connectivity index (χ4v) is 2.92. The van der Waals surface area contributed by atoms with Crippen LogP contribution in [0.5, 0.6) is 5.75 Å². The molecular weight excluding hydrogens is 335 g/mol. The molecule has 1 aliphatic heterocycles. The Labute approximate surface area is 142 Å². The zero-order valence-electron chi connectivity index (χ0n) is 13.7. The van der Waals surface area contributed by atoms with E-state index in [0.717, 1.165) is 11.3 Å². The molecule has 8 heteroatoms. The van der Waals surface area contributed by atoms with Gasteiger partial charge in [0.15, 0.2) is 0 Å². The molecule has 0 amide bonds. The molecule has 5 nitrogen and oxygen atoms in total. The van der Waals surface area contributed by atoms with Gasteiger partial charge in [0, 0.05) is 25.2 Å². The van der Waals surface area contributed by atoms with E-state index in [1.54, 1.807) is 0 Å². The van der Waals surface area contributed by atoms with Gasteiger partial charge in [0.05, 0.1) is 12.3 Å². The van der Waals surface area contributed by atoms with Gasteiger partial charge >= 0.3 is 6.18 Å².